The number of hydrogen-bond acceptors (Lipinski definition) is 2. The van der Waals surface area contributed by atoms with Crippen LogP contribution in [-0.2, 0) is 11.2 Å². The summed E-state index contributed by atoms with van der Waals surface area (Å²) in [6.45, 7) is 2.01. The van der Waals surface area contributed by atoms with Crippen LogP contribution in [0.3, 0.4) is 0 Å². The van der Waals surface area contributed by atoms with E-state index >= 15 is 0 Å². The first-order valence-electron chi connectivity index (χ1n) is 5.90. The molecule has 0 amide bonds. The summed E-state index contributed by atoms with van der Waals surface area (Å²) >= 11 is 0. The third kappa shape index (κ3) is 3.23. The Balaban J connectivity index is 2.00. The number of benzene rings is 1. The van der Waals surface area contributed by atoms with Gasteiger partial charge in [0.05, 0.1) is 12.2 Å². The lowest BCUT2D eigenvalue weighted by Gasteiger charge is -2.19. The molecule has 2 rings (SSSR count). The minimum Gasteiger partial charge on any atom is -0.374 e. The molecule has 0 aliphatic carbocycles. The monoisotopic (exact) mass is 241 g/mol. The summed E-state index contributed by atoms with van der Waals surface area (Å²) in [6, 6.07) is 3.30. The lowest BCUT2D eigenvalue weighted by Crippen LogP contribution is -2.36. The summed E-state index contributed by atoms with van der Waals surface area (Å²) in [6.07, 6.45) is 2.58. The van der Waals surface area contributed by atoms with Crippen molar-refractivity contribution in [1.82, 2.24) is 0 Å². The average Bonchev–Trinajstić information content (AvgIpc) is 2.63. The van der Waals surface area contributed by atoms with Crippen LogP contribution in [0.25, 0.3) is 0 Å². The molecule has 1 aromatic carbocycles. The number of hydrogen-bond donors (Lipinski definition) is 1. The van der Waals surface area contributed by atoms with Gasteiger partial charge in [-0.2, -0.15) is 0 Å². The second-order valence-electron chi connectivity index (χ2n) is 4.71. The lowest BCUT2D eigenvalue weighted by atomic mass is 10.00. The molecule has 4 heteroatoms. The van der Waals surface area contributed by atoms with Crippen LogP contribution < -0.4 is 5.73 Å². The van der Waals surface area contributed by atoms with E-state index in [9.17, 15) is 8.78 Å². The van der Waals surface area contributed by atoms with Gasteiger partial charge in [-0.1, -0.05) is 0 Å². The number of halogens is 2. The van der Waals surface area contributed by atoms with E-state index in [0.717, 1.165) is 18.9 Å². The molecule has 3 atom stereocenters. The summed E-state index contributed by atoms with van der Waals surface area (Å²) in [5.41, 5.74) is 6.59. The predicted octanol–water partition coefficient (Wildman–Crippen LogP) is 2.40. The van der Waals surface area contributed by atoms with Gasteiger partial charge in [-0.25, -0.2) is 8.78 Å². The van der Waals surface area contributed by atoms with Crippen LogP contribution in [-0.4, -0.2) is 18.2 Å². The van der Waals surface area contributed by atoms with Gasteiger partial charge in [0, 0.05) is 12.1 Å². The topological polar surface area (TPSA) is 35.2 Å². The second-order valence-corrected chi connectivity index (χ2v) is 4.71. The highest BCUT2D eigenvalue weighted by Gasteiger charge is 2.27. The van der Waals surface area contributed by atoms with E-state index in [1.165, 1.54) is 12.1 Å². The molecule has 0 aromatic heterocycles. The van der Waals surface area contributed by atoms with Crippen molar-refractivity contribution in [2.45, 2.75) is 44.4 Å². The SMILES string of the molecule is CC1CCC(C(N)Cc2cc(F)cc(F)c2)O1. The number of rotatable bonds is 3. The van der Waals surface area contributed by atoms with Crippen molar-refractivity contribution in [1.29, 1.82) is 0 Å². The van der Waals surface area contributed by atoms with Crippen molar-refractivity contribution >= 4 is 0 Å². The molecule has 1 aliphatic heterocycles. The quantitative estimate of drug-likeness (QED) is 0.882. The summed E-state index contributed by atoms with van der Waals surface area (Å²) < 4.78 is 31.7. The van der Waals surface area contributed by atoms with Gasteiger partial charge in [0.2, 0.25) is 0 Å². The minimum absolute atomic E-state index is 0.00340. The zero-order valence-corrected chi connectivity index (χ0v) is 9.83. The van der Waals surface area contributed by atoms with Crippen molar-refractivity contribution < 1.29 is 13.5 Å². The van der Waals surface area contributed by atoms with Crippen molar-refractivity contribution in [3.05, 3.63) is 35.4 Å². The van der Waals surface area contributed by atoms with Crippen molar-refractivity contribution in [3.63, 3.8) is 0 Å². The molecule has 0 bridgehead atoms. The van der Waals surface area contributed by atoms with E-state index < -0.39 is 11.6 Å². The van der Waals surface area contributed by atoms with Crippen LogP contribution in [0.5, 0.6) is 0 Å². The summed E-state index contributed by atoms with van der Waals surface area (Å²) in [4.78, 5) is 0. The summed E-state index contributed by atoms with van der Waals surface area (Å²) in [7, 11) is 0. The molecule has 17 heavy (non-hydrogen) atoms. The molecule has 0 radical (unpaired) electrons. The third-order valence-electron chi connectivity index (χ3n) is 3.14. The molecular formula is C13H17F2NO. The third-order valence-corrected chi connectivity index (χ3v) is 3.14. The Labute approximate surface area is 99.8 Å². The average molecular weight is 241 g/mol. The highest BCUT2D eigenvalue weighted by molar-refractivity contribution is 5.19. The van der Waals surface area contributed by atoms with Gasteiger partial charge in [0.25, 0.3) is 0 Å². The zero-order valence-electron chi connectivity index (χ0n) is 9.83. The van der Waals surface area contributed by atoms with Gasteiger partial charge in [0.15, 0.2) is 0 Å². The maximum absolute atomic E-state index is 13.0. The van der Waals surface area contributed by atoms with E-state index in [2.05, 4.69) is 0 Å². The van der Waals surface area contributed by atoms with Crippen molar-refractivity contribution in [2.75, 3.05) is 0 Å². The van der Waals surface area contributed by atoms with Gasteiger partial charge >= 0.3 is 0 Å². The molecule has 94 valence electrons. The molecule has 1 aliphatic rings. The second kappa shape index (κ2) is 5.10. The molecule has 0 saturated carbocycles. The maximum Gasteiger partial charge on any atom is 0.126 e. The van der Waals surface area contributed by atoms with Gasteiger partial charge < -0.3 is 10.5 Å². The first kappa shape index (κ1) is 12.5. The fourth-order valence-corrected chi connectivity index (χ4v) is 2.28. The zero-order chi connectivity index (χ0) is 12.4. The van der Waals surface area contributed by atoms with Crippen molar-refractivity contribution in [2.24, 2.45) is 5.73 Å². The summed E-state index contributed by atoms with van der Waals surface area (Å²) in [5.74, 6) is -1.12. The molecule has 1 saturated heterocycles. The smallest absolute Gasteiger partial charge is 0.126 e. The molecule has 2 N–H and O–H groups in total. The first-order valence-corrected chi connectivity index (χ1v) is 5.90. The van der Waals surface area contributed by atoms with Crippen LogP contribution in [0.15, 0.2) is 18.2 Å². The lowest BCUT2D eigenvalue weighted by molar-refractivity contribution is 0.0404. The predicted molar refractivity (Wildman–Crippen MR) is 61.6 cm³/mol. The Kier molecular flexibility index (Phi) is 3.74. The standard InChI is InChI=1S/C13H17F2NO/c1-8-2-3-13(17-8)12(16)6-9-4-10(14)7-11(15)5-9/h4-5,7-8,12-13H,2-3,6,16H2,1H3. The minimum atomic E-state index is -0.562. The molecule has 1 fully saturated rings. The van der Waals surface area contributed by atoms with E-state index in [0.29, 0.717) is 12.0 Å². The Bertz CT molecular complexity index is 377. The summed E-state index contributed by atoms with van der Waals surface area (Å²) in [5, 5.41) is 0. The van der Waals surface area contributed by atoms with Gasteiger partial charge in [0.1, 0.15) is 11.6 Å². The van der Waals surface area contributed by atoms with E-state index in [4.69, 9.17) is 10.5 Å². The van der Waals surface area contributed by atoms with Crippen LogP contribution in [0.2, 0.25) is 0 Å². The van der Waals surface area contributed by atoms with Crippen LogP contribution in [0.1, 0.15) is 25.3 Å². The number of nitrogens with two attached hydrogens (primary N) is 1. The first-order chi connectivity index (χ1) is 8.04. The highest BCUT2D eigenvalue weighted by atomic mass is 19.1. The Hall–Kier alpha value is -1.00. The molecule has 1 heterocycles. The van der Waals surface area contributed by atoms with E-state index in [-0.39, 0.29) is 18.2 Å². The van der Waals surface area contributed by atoms with Gasteiger partial charge in [-0.3, -0.25) is 0 Å². The normalized spacial score (nSPS) is 26.1. The van der Waals surface area contributed by atoms with Gasteiger partial charge in [-0.15, -0.1) is 0 Å². The molecule has 2 nitrogen and oxygen atoms in total. The van der Waals surface area contributed by atoms with E-state index in [1.54, 1.807) is 0 Å². The fraction of sp³-hybridized carbons (Fsp3) is 0.538. The molecule has 0 spiro atoms. The van der Waals surface area contributed by atoms with Crippen LogP contribution in [0, 0.1) is 11.6 Å². The van der Waals surface area contributed by atoms with Crippen molar-refractivity contribution in [3.8, 4) is 0 Å². The molecule has 1 aromatic rings. The van der Waals surface area contributed by atoms with E-state index in [1.807, 2.05) is 6.92 Å². The highest BCUT2D eigenvalue weighted by Crippen LogP contribution is 2.22. The maximum atomic E-state index is 13.0. The fourth-order valence-electron chi connectivity index (χ4n) is 2.28. The Morgan fingerprint density at radius 3 is 2.47 bits per heavy atom. The largest absolute Gasteiger partial charge is 0.374 e. The molecule has 3 unspecified atom stereocenters. The number of ether oxygens (including phenoxy) is 1. The Morgan fingerprint density at radius 2 is 1.94 bits per heavy atom. The Morgan fingerprint density at radius 1 is 1.29 bits per heavy atom. The van der Waals surface area contributed by atoms with Gasteiger partial charge in [-0.05, 0) is 43.9 Å². The van der Waals surface area contributed by atoms with Crippen LogP contribution in [0.4, 0.5) is 8.78 Å². The molecular weight excluding hydrogens is 224 g/mol. The van der Waals surface area contributed by atoms with Crippen LogP contribution >= 0.6 is 0 Å².